The molecule has 62 heavy (non-hydrogen) atoms. The van der Waals surface area contributed by atoms with Crippen LogP contribution >= 0.6 is 0 Å². The van der Waals surface area contributed by atoms with Gasteiger partial charge in [-0.05, 0) is 107 Å². The van der Waals surface area contributed by atoms with Gasteiger partial charge in [0.05, 0.1) is 79.5 Å². The molecular formula is C53H27F3N6. The zero-order valence-electron chi connectivity index (χ0n) is 32.4. The van der Waals surface area contributed by atoms with Gasteiger partial charge in [0.15, 0.2) is 0 Å². The minimum Gasteiger partial charge on any atom is -0.309 e. The van der Waals surface area contributed by atoms with Crippen LogP contribution in [-0.2, 0) is 6.18 Å². The Bertz CT molecular complexity index is 3690. The first kappa shape index (κ1) is 37.4. The summed E-state index contributed by atoms with van der Waals surface area (Å²) in [6.45, 7) is 0. The van der Waals surface area contributed by atoms with Crippen LogP contribution in [0.2, 0.25) is 0 Å². The Kier molecular flexibility index (Phi) is 8.70. The molecule has 0 fully saturated rings. The number of para-hydroxylation sites is 2. The largest absolute Gasteiger partial charge is 0.417 e. The van der Waals surface area contributed by atoms with Crippen LogP contribution in [0.5, 0.6) is 0 Å². The summed E-state index contributed by atoms with van der Waals surface area (Å²) in [5.41, 5.74) is 6.59. The fourth-order valence-electron chi connectivity index (χ4n) is 8.77. The van der Waals surface area contributed by atoms with Crippen molar-refractivity contribution in [1.82, 2.24) is 9.13 Å². The monoisotopic (exact) mass is 804 g/mol. The molecule has 8 aromatic carbocycles. The van der Waals surface area contributed by atoms with E-state index in [0.29, 0.717) is 33.4 Å². The maximum Gasteiger partial charge on any atom is 0.417 e. The minimum absolute atomic E-state index is 0.104. The van der Waals surface area contributed by atoms with E-state index in [1.807, 2.05) is 130 Å². The van der Waals surface area contributed by atoms with Gasteiger partial charge in [0.25, 0.3) is 0 Å². The lowest BCUT2D eigenvalue weighted by molar-refractivity contribution is -0.137. The highest BCUT2D eigenvalue weighted by atomic mass is 19.4. The Morgan fingerprint density at radius 2 is 0.871 bits per heavy atom. The van der Waals surface area contributed by atoms with Crippen LogP contribution < -0.4 is 0 Å². The van der Waals surface area contributed by atoms with Crippen molar-refractivity contribution in [3.63, 3.8) is 0 Å². The number of aromatic nitrogens is 2. The van der Waals surface area contributed by atoms with Gasteiger partial charge in [-0.3, -0.25) is 0 Å². The summed E-state index contributed by atoms with van der Waals surface area (Å²) >= 11 is 0. The Hall–Kier alpha value is -8.89. The van der Waals surface area contributed by atoms with E-state index < -0.39 is 11.7 Å². The van der Waals surface area contributed by atoms with Crippen LogP contribution in [0.15, 0.2) is 164 Å². The summed E-state index contributed by atoms with van der Waals surface area (Å²) in [4.78, 5) is 0. The molecule has 0 bridgehead atoms. The molecule has 0 atom stereocenters. The number of benzene rings is 8. The van der Waals surface area contributed by atoms with Crippen LogP contribution in [0, 0.1) is 45.3 Å². The highest BCUT2D eigenvalue weighted by Gasteiger charge is 2.36. The van der Waals surface area contributed by atoms with Crippen LogP contribution in [0.4, 0.5) is 13.2 Å². The minimum atomic E-state index is -4.84. The molecule has 10 rings (SSSR count). The molecule has 0 amide bonds. The number of halogens is 3. The van der Waals surface area contributed by atoms with E-state index in [0.717, 1.165) is 55.4 Å². The second-order valence-electron chi connectivity index (χ2n) is 14.9. The van der Waals surface area contributed by atoms with Gasteiger partial charge in [-0.1, -0.05) is 78.9 Å². The average Bonchev–Trinajstić information content (AvgIpc) is 3.82. The van der Waals surface area contributed by atoms with Gasteiger partial charge in [-0.25, -0.2) is 0 Å². The van der Waals surface area contributed by atoms with E-state index in [4.69, 9.17) is 0 Å². The molecule has 0 radical (unpaired) electrons. The average molecular weight is 805 g/mol. The van der Waals surface area contributed by atoms with Crippen molar-refractivity contribution >= 4 is 43.6 Å². The van der Waals surface area contributed by atoms with Crippen molar-refractivity contribution in [2.24, 2.45) is 0 Å². The lowest BCUT2D eigenvalue weighted by Crippen LogP contribution is -2.11. The maximum atomic E-state index is 15.2. The van der Waals surface area contributed by atoms with Crippen LogP contribution in [0.25, 0.3) is 88.4 Å². The van der Waals surface area contributed by atoms with Crippen molar-refractivity contribution in [2.75, 3.05) is 0 Å². The van der Waals surface area contributed by atoms with Crippen molar-refractivity contribution in [1.29, 1.82) is 21.0 Å². The Morgan fingerprint density at radius 3 is 1.39 bits per heavy atom. The molecule has 0 spiro atoms. The summed E-state index contributed by atoms with van der Waals surface area (Å²) in [5, 5.41) is 44.0. The fraction of sp³-hybridized carbons (Fsp3) is 0.0189. The second kappa shape index (κ2) is 14.4. The summed E-state index contributed by atoms with van der Waals surface area (Å²) in [6, 6.07) is 57.0. The molecule has 2 aromatic heterocycles. The predicted octanol–water partition coefficient (Wildman–Crippen LogP) is 13.4. The van der Waals surface area contributed by atoms with Gasteiger partial charge < -0.3 is 9.13 Å². The quantitative estimate of drug-likeness (QED) is 0.173. The van der Waals surface area contributed by atoms with Crippen molar-refractivity contribution < 1.29 is 13.2 Å². The Morgan fingerprint density at radius 1 is 0.387 bits per heavy atom. The Labute approximate surface area is 352 Å². The molecule has 0 saturated heterocycles. The molecule has 9 heteroatoms. The van der Waals surface area contributed by atoms with Crippen LogP contribution in [0.1, 0.15) is 27.8 Å². The van der Waals surface area contributed by atoms with Gasteiger partial charge in [0.1, 0.15) is 6.07 Å². The molecule has 0 N–H and O–H groups in total. The van der Waals surface area contributed by atoms with Crippen molar-refractivity contribution in [3.8, 4) is 69.0 Å². The van der Waals surface area contributed by atoms with Crippen LogP contribution in [-0.4, -0.2) is 9.13 Å². The third kappa shape index (κ3) is 5.93. The first-order chi connectivity index (χ1) is 30.2. The molecule has 0 aliphatic rings. The molecule has 2 heterocycles. The van der Waals surface area contributed by atoms with E-state index in [-0.39, 0.29) is 27.9 Å². The van der Waals surface area contributed by atoms with Crippen molar-refractivity contribution in [2.45, 2.75) is 6.18 Å². The van der Waals surface area contributed by atoms with Crippen molar-refractivity contribution in [3.05, 3.63) is 192 Å². The number of rotatable bonds is 5. The topological polar surface area (TPSA) is 105 Å². The zero-order chi connectivity index (χ0) is 42.7. The van der Waals surface area contributed by atoms with Gasteiger partial charge in [-0.15, -0.1) is 0 Å². The van der Waals surface area contributed by atoms with Gasteiger partial charge in [0.2, 0.25) is 0 Å². The standard InChI is InChI=1S/C53H27F3N6/c54-53(55,56)45-15-7-12-38(30-59)52(45)44-27-50(61-46-16-3-1-13-40(46)42-24-36(18-20-48(42)61)34-10-5-8-32(22-34)28-57)39(31-60)26-51(44)62-47-17-4-2-14-41(47)43-25-37(19-21-49(43)62)35-11-6-9-33(23-35)29-58/h1-27H. The molecular weight excluding hydrogens is 778 g/mol. The van der Waals surface area contributed by atoms with E-state index in [9.17, 15) is 21.0 Å². The summed E-state index contributed by atoms with van der Waals surface area (Å²) in [7, 11) is 0. The molecule has 290 valence electrons. The normalized spacial score (nSPS) is 11.4. The SMILES string of the molecule is N#Cc1cccc(-c2ccc3c(c2)c2ccccc2n3-c2cc(-c3c(C#N)cccc3C(F)(F)F)c(-n3c4ccccc4c4cc(-c5cccc(C#N)c5)ccc43)cc2C#N)c1. The highest BCUT2D eigenvalue weighted by molar-refractivity contribution is 6.12. The molecule has 0 unspecified atom stereocenters. The van der Waals surface area contributed by atoms with E-state index in [1.165, 1.54) is 12.1 Å². The number of hydrogen-bond acceptors (Lipinski definition) is 4. The van der Waals surface area contributed by atoms with Crippen LogP contribution in [0.3, 0.4) is 0 Å². The fourth-order valence-corrected chi connectivity index (χ4v) is 8.77. The number of nitriles is 4. The third-order valence-corrected chi connectivity index (χ3v) is 11.5. The highest BCUT2D eigenvalue weighted by Crippen LogP contribution is 2.46. The summed E-state index contributed by atoms with van der Waals surface area (Å²) < 4.78 is 49.5. The number of alkyl halides is 3. The summed E-state index contributed by atoms with van der Waals surface area (Å²) in [5.74, 6) is 0. The maximum absolute atomic E-state index is 15.2. The van der Waals surface area contributed by atoms with E-state index in [2.05, 4.69) is 18.2 Å². The molecule has 6 nitrogen and oxygen atoms in total. The van der Waals surface area contributed by atoms with Gasteiger partial charge >= 0.3 is 6.18 Å². The molecule has 0 aliphatic heterocycles. The second-order valence-corrected chi connectivity index (χ2v) is 14.9. The zero-order valence-corrected chi connectivity index (χ0v) is 32.4. The summed E-state index contributed by atoms with van der Waals surface area (Å²) in [6.07, 6.45) is -4.84. The van der Waals surface area contributed by atoms with Gasteiger partial charge in [-0.2, -0.15) is 34.2 Å². The molecule has 0 saturated carbocycles. The lowest BCUT2D eigenvalue weighted by atomic mass is 9.91. The lowest BCUT2D eigenvalue weighted by Gasteiger charge is -2.22. The Balaban J connectivity index is 1.31. The third-order valence-electron chi connectivity index (χ3n) is 11.5. The molecule has 0 aliphatic carbocycles. The first-order valence-electron chi connectivity index (χ1n) is 19.5. The van der Waals surface area contributed by atoms with Gasteiger partial charge in [0, 0.05) is 32.7 Å². The predicted molar refractivity (Wildman–Crippen MR) is 235 cm³/mol. The van der Waals surface area contributed by atoms with E-state index in [1.54, 1.807) is 30.3 Å². The van der Waals surface area contributed by atoms with E-state index >= 15 is 13.2 Å². The number of fused-ring (bicyclic) bond motifs is 6. The number of nitrogens with zero attached hydrogens (tertiary/aromatic N) is 6. The smallest absolute Gasteiger partial charge is 0.309 e. The number of hydrogen-bond donors (Lipinski definition) is 0. The first-order valence-corrected chi connectivity index (χ1v) is 19.5. The molecule has 10 aromatic rings.